The maximum absolute atomic E-state index is 14.0. The summed E-state index contributed by atoms with van der Waals surface area (Å²) >= 11 is 0. The summed E-state index contributed by atoms with van der Waals surface area (Å²) in [6.45, 7) is 3.08. The fourth-order valence-corrected chi connectivity index (χ4v) is 5.74. The second-order valence-corrected chi connectivity index (χ2v) is 10.9. The quantitative estimate of drug-likeness (QED) is 0.128. The van der Waals surface area contributed by atoms with Crippen LogP contribution in [-0.4, -0.2) is 48.9 Å². The van der Waals surface area contributed by atoms with Gasteiger partial charge in [-0.1, -0.05) is 86.5 Å². The van der Waals surface area contributed by atoms with Gasteiger partial charge in [0.15, 0.2) is 0 Å². The highest BCUT2D eigenvalue weighted by molar-refractivity contribution is 5.95. The van der Waals surface area contributed by atoms with Crippen LogP contribution >= 0.6 is 12.4 Å². The van der Waals surface area contributed by atoms with Crippen LogP contribution in [0.25, 0.3) is 11.1 Å². The molecule has 3 aromatic carbocycles. The van der Waals surface area contributed by atoms with E-state index in [9.17, 15) is 9.59 Å². The van der Waals surface area contributed by atoms with Gasteiger partial charge in [0.05, 0.1) is 25.0 Å². The topological polar surface area (TPSA) is 106 Å². The summed E-state index contributed by atoms with van der Waals surface area (Å²) in [5.41, 5.74) is 8.81. The first kappa shape index (κ1) is 32.7. The van der Waals surface area contributed by atoms with Crippen LogP contribution in [0.1, 0.15) is 56.6 Å². The van der Waals surface area contributed by atoms with Gasteiger partial charge in [-0.05, 0) is 54.5 Å². The molecule has 0 aliphatic carbocycles. The average molecular weight is 592 g/mol. The Kier molecular flexibility index (Phi) is 12.0. The molecule has 4 rings (SSSR count). The van der Waals surface area contributed by atoms with Crippen molar-refractivity contribution in [2.45, 2.75) is 57.9 Å². The Morgan fingerprint density at radius 2 is 1.64 bits per heavy atom. The maximum atomic E-state index is 14.0. The number of benzene rings is 3. The highest BCUT2D eigenvalue weighted by Crippen LogP contribution is 2.44. The second-order valence-electron chi connectivity index (χ2n) is 10.9. The van der Waals surface area contributed by atoms with Crippen molar-refractivity contribution < 1.29 is 19.1 Å². The van der Waals surface area contributed by atoms with Gasteiger partial charge in [0.25, 0.3) is 0 Å². The zero-order valence-corrected chi connectivity index (χ0v) is 25.3. The van der Waals surface area contributed by atoms with Crippen molar-refractivity contribution in [3.05, 3.63) is 90.0 Å². The molecule has 1 amide bonds. The number of hydrogen-bond donors (Lipinski definition) is 2. The van der Waals surface area contributed by atoms with Crippen LogP contribution in [0, 0.1) is 10.8 Å². The minimum atomic E-state index is -0.750. The van der Waals surface area contributed by atoms with E-state index in [1.807, 2.05) is 71.6 Å². The molecule has 0 spiro atoms. The molecule has 1 aliphatic rings. The number of methoxy groups -OCH3 is 1. The van der Waals surface area contributed by atoms with E-state index in [-0.39, 0.29) is 42.6 Å². The monoisotopic (exact) mass is 591 g/mol. The van der Waals surface area contributed by atoms with Crippen LogP contribution in [0.4, 0.5) is 0 Å². The zero-order valence-electron chi connectivity index (χ0n) is 24.5. The van der Waals surface area contributed by atoms with E-state index >= 15 is 0 Å². The number of nitrogens with one attached hydrogen (secondary N) is 1. The number of rotatable bonds is 14. The van der Waals surface area contributed by atoms with Gasteiger partial charge in [0, 0.05) is 12.1 Å². The van der Waals surface area contributed by atoms with Crippen molar-refractivity contribution >= 4 is 30.1 Å². The van der Waals surface area contributed by atoms with Crippen LogP contribution in [0.2, 0.25) is 0 Å². The molecule has 0 bridgehead atoms. The number of carbonyl (C=O) groups is 2. The predicted molar refractivity (Wildman–Crippen MR) is 169 cm³/mol. The standard InChI is InChI=1S/C34H41N3O4.ClH/c1-3-4-20-34(23-31(38)40-2)22-29(37(33(34)39)21-8-11-25-9-6-5-7-10-25)24-41-30-18-16-27(17-19-30)26-12-14-28(15-13-26)32(35)36;/h5-7,9-10,12-19,29H,3-4,8,11,20-24H2,1-2H3,(H3,35,36);1H/t29-,34-;/m0./s1. The fourth-order valence-electron chi connectivity index (χ4n) is 5.74. The van der Waals surface area contributed by atoms with E-state index in [1.54, 1.807) is 0 Å². The normalized spacial score (nSPS) is 17.9. The molecule has 0 unspecified atom stereocenters. The summed E-state index contributed by atoms with van der Waals surface area (Å²) < 4.78 is 11.3. The number of unbranched alkanes of at least 4 members (excludes halogenated alkanes) is 1. The Balaban J connectivity index is 0.00000484. The second kappa shape index (κ2) is 15.4. The number of amides is 1. The first-order valence-corrected chi connectivity index (χ1v) is 14.4. The van der Waals surface area contributed by atoms with E-state index in [0.717, 1.165) is 42.6 Å². The summed E-state index contributed by atoms with van der Waals surface area (Å²) in [6.07, 6.45) is 4.90. The highest BCUT2D eigenvalue weighted by Gasteiger charge is 2.52. The molecule has 1 fully saturated rings. The molecule has 224 valence electrons. The van der Waals surface area contributed by atoms with Gasteiger partial charge in [-0.2, -0.15) is 0 Å². The van der Waals surface area contributed by atoms with E-state index in [1.165, 1.54) is 12.7 Å². The molecule has 0 aromatic heterocycles. The predicted octanol–water partition coefficient (Wildman–Crippen LogP) is 6.41. The van der Waals surface area contributed by atoms with Gasteiger partial charge in [0.2, 0.25) is 5.91 Å². The van der Waals surface area contributed by atoms with Crippen molar-refractivity contribution in [1.82, 2.24) is 4.90 Å². The molecular formula is C34H42ClN3O4. The van der Waals surface area contributed by atoms with Crippen LogP contribution in [-0.2, 0) is 20.7 Å². The Hall–Kier alpha value is -3.84. The number of likely N-dealkylation sites (tertiary alicyclic amines) is 1. The summed E-state index contributed by atoms with van der Waals surface area (Å²) in [4.78, 5) is 28.3. The van der Waals surface area contributed by atoms with Gasteiger partial charge < -0.3 is 20.1 Å². The highest BCUT2D eigenvalue weighted by atomic mass is 35.5. The van der Waals surface area contributed by atoms with Gasteiger partial charge >= 0.3 is 5.97 Å². The van der Waals surface area contributed by atoms with E-state index in [0.29, 0.717) is 31.6 Å². The zero-order chi connectivity index (χ0) is 29.2. The van der Waals surface area contributed by atoms with E-state index in [4.69, 9.17) is 20.6 Å². The lowest BCUT2D eigenvalue weighted by atomic mass is 9.77. The van der Waals surface area contributed by atoms with Crippen LogP contribution in [0.5, 0.6) is 5.75 Å². The third-order valence-electron chi connectivity index (χ3n) is 8.03. The van der Waals surface area contributed by atoms with Gasteiger partial charge in [-0.3, -0.25) is 15.0 Å². The smallest absolute Gasteiger partial charge is 0.306 e. The van der Waals surface area contributed by atoms with Crippen molar-refractivity contribution in [1.29, 1.82) is 5.41 Å². The van der Waals surface area contributed by atoms with Crippen LogP contribution in [0.3, 0.4) is 0 Å². The van der Waals surface area contributed by atoms with Gasteiger partial charge in [0.1, 0.15) is 18.2 Å². The Labute approximate surface area is 255 Å². The number of ether oxygens (including phenoxy) is 2. The molecule has 1 aliphatic heterocycles. The Morgan fingerprint density at radius 1 is 1.00 bits per heavy atom. The van der Waals surface area contributed by atoms with Crippen molar-refractivity contribution in [3.8, 4) is 16.9 Å². The largest absolute Gasteiger partial charge is 0.491 e. The third kappa shape index (κ3) is 8.13. The molecule has 2 atom stereocenters. The third-order valence-corrected chi connectivity index (χ3v) is 8.03. The average Bonchev–Trinajstić information content (AvgIpc) is 3.25. The molecule has 3 aromatic rings. The molecule has 42 heavy (non-hydrogen) atoms. The summed E-state index contributed by atoms with van der Waals surface area (Å²) in [7, 11) is 1.38. The number of aryl methyl sites for hydroxylation is 1. The number of halogens is 1. The number of hydrogen-bond acceptors (Lipinski definition) is 5. The molecular weight excluding hydrogens is 550 g/mol. The van der Waals surface area contributed by atoms with E-state index in [2.05, 4.69) is 19.1 Å². The lowest BCUT2D eigenvalue weighted by Gasteiger charge is -2.27. The summed E-state index contributed by atoms with van der Waals surface area (Å²) in [6, 6.07) is 25.6. The number of amidine groups is 1. The number of carbonyl (C=O) groups excluding carboxylic acids is 2. The lowest BCUT2D eigenvalue weighted by molar-refractivity contribution is -0.149. The maximum Gasteiger partial charge on any atom is 0.306 e. The van der Waals surface area contributed by atoms with E-state index < -0.39 is 5.41 Å². The molecule has 1 saturated heterocycles. The SMILES string of the molecule is CCCC[C@@]1(CC(=O)OC)C[C@@H](COc2ccc(-c3ccc(C(=N)N)cc3)cc2)N(CCCc2ccccc2)C1=O.Cl. The molecule has 1 heterocycles. The van der Waals surface area contributed by atoms with Crippen LogP contribution < -0.4 is 10.5 Å². The van der Waals surface area contributed by atoms with Crippen molar-refractivity contribution in [2.24, 2.45) is 11.1 Å². The first-order chi connectivity index (χ1) is 19.8. The van der Waals surface area contributed by atoms with Crippen molar-refractivity contribution in [2.75, 3.05) is 20.3 Å². The molecule has 0 saturated carbocycles. The van der Waals surface area contributed by atoms with Crippen molar-refractivity contribution in [3.63, 3.8) is 0 Å². The van der Waals surface area contributed by atoms with Gasteiger partial charge in [-0.25, -0.2) is 0 Å². The fraction of sp³-hybridized carbons (Fsp3) is 0.382. The number of esters is 1. The molecule has 0 radical (unpaired) electrons. The lowest BCUT2D eigenvalue weighted by Crippen LogP contribution is -2.40. The van der Waals surface area contributed by atoms with Crippen LogP contribution in [0.15, 0.2) is 78.9 Å². The molecule has 3 N–H and O–H groups in total. The Morgan fingerprint density at radius 3 is 2.24 bits per heavy atom. The minimum absolute atomic E-state index is 0. The first-order valence-electron chi connectivity index (χ1n) is 14.4. The number of nitrogen functional groups attached to an aromatic ring is 1. The number of nitrogens with two attached hydrogens (primary N) is 1. The summed E-state index contributed by atoms with van der Waals surface area (Å²) in [5.74, 6) is 0.476. The van der Waals surface area contributed by atoms with Gasteiger partial charge in [-0.15, -0.1) is 12.4 Å². The molecule has 8 heteroatoms. The number of nitrogens with zero attached hydrogens (tertiary/aromatic N) is 1. The summed E-state index contributed by atoms with van der Waals surface area (Å²) in [5, 5.41) is 7.57. The minimum Gasteiger partial charge on any atom is -0.491 e. The molecule has 7 nitrogen and oxygen atoms in total. The Bertz CT molecular complexity index is 1310.